The summed E-state index contributed by atoms with van der Waals surface area (Å²) in [6, 6.07) is 5.21. The summed E-state index contributed by atoms with van der Waals surface area (Å²) in [4.78, 5) is 41.2. The van der Waals surface area contributed by atoms with E-state index in [1.165, 1.54) is 6.92 Å². The fraction of sp³-hybridized carbons (Fsp3) is 0.500. The molecule has 0 atom stereocenters. The maximum atomic E-state index is 12.3. The highest BCUT2D eigenvalue weighted by atomic mass is 32.2. The molecule has 1 aromatic carbocycles. The molecule has 138 valence electrons. The third kappa shape index (κ3) is 6.40. The second kappa shape index (κ2) is 10.5. The molecule has 0 radical (unpaired) electrons. The summed E-state index contributed by atoms with van der Waals surface area (Å²) in [5.41, 5.74) is 0.507. The summed E-state index contributed by atoms with van der Waals surface area (Å²) < 4.78 is 0. The average molecular weight is 383 g/mol. The van der Waals surface area contributed by atoms with E-state index in [0.717, 1.165) is 23.5 Å². The molecular formula is C18H26N2O3S2. The molecule has 0 N–H and O–H groups in total. The minimum atomic E-state index is -0.0881. The van der Waals surface area contributed by atoms with Gasteiger partial charge in [-0.3, -0.25) is 14.4 Å². The van der Waals surface area contributed by atoms with Crippen LogP contribution in [0, 0.1) is 0 Å². The van der Waals surface area contributed by atoms with Crippen LogP contribution in [0.2, 0.25) is 0 Å². The highest BCUT2D eigenvalue weighted by Gasteiger charge is 2.16. The lowest BCUT2D eigenvalue weighted by Crippen LogP contribution is -2.27. The van der Waals surface area contributed by atoms with Crippen LogP contribution in [0.3, 0.4) is 0 Å². The summed E-state index contributed by atoms with van der Waals surface area (Å²) in [6.45, 7) is 11.7. The third-order valence-corrected chi connectivity index (χ3v) is 5.55. The zero-order valence-corrected chi connectivity index (χ0v) is 17.1. The van der Waals surface area contributed by atoms with Crippen LogP contribution in [0.4, 0.5) is 9.59 Å². The largest absolute Gasteiger partial charge is 0.334 e. The van der Waals surface area contributed by atoms with Gasteiger partial charge in [0.25, 0.3) is 10.5 Å². The van der Waals surface area contributed by atoms with Gasteiger partial charge in [-0.15, -0.1) is 0 Å². The lowest BCUT2D eigenvalue weighted by atomic mass is 10.1. The van der Waals surface area contributed by atoms with Crippen LogP contribution in [0.25, 0.3) is 0 Å². The van der Waals surface area contributed by atoms with Gasteiger partial charge in [0.05, 0.1) is 0 Å². The molecule has 5 nitrogen and oxygen atoms in total. The van der Waals surface area contributed by atoms with Crippen LogP contribution in [0.5, 0.6) is 0 Å². The Morgan fingerprint density at radius 2 is 1.12 bits per heavy atom. The molecule has 0 aromatic heterocycles. The standard InChI is InChI=1S/C18H26N2O3S2/c1-6-19(7-2)17(22)24-15-10-14(13(5)21)11-16(12-15)25-18(23)20(8-3)9-4/h10-12H,6-9H2,1-5H3. The zero-order valence-electron chi connectivity index (χ0n) is 15.5. The summed E-state index contributed by atoms with van der Waals surface area (Å²) in [7, 11) is 0. The second-order valence-corrected chi connectivity index (χ2v) is 7.38. The fourth-order valence-corrected chi connectivity index (χ4v) is 4.18. The number of benzene rings is 1. The second-order valence-electron chi connectivity index (χ2n) is 5.33. The van der Waals surface area contributed by atoms with Crippen LogP contribution in [0.15, 0.2) is 28.0 Å². The number of Topliss-reactive ketones (excluding diaryl/α,β-unsaturated/α-hetero) is 1. The number of carbonyl (C=O) groups excluding carboxylic acids is 3. The van der Waals surface area contributed by atoms with E-state index in [-0.39, 0.29) is 16.3 Å². The van der Waals surface area contributed by atoms with E-state index in [1.807, 2.05) is 27.7 Å². The molecule has 0 saturated carbocycles. The Morgan fingerprint density at radius 3 is 1.40 bits per heavy atom. The van der Waals surface area contributed by atoms with E-state index in [0.29, 0.717) is 41.5 Å². The molecule has 0 fully saturated rings. The Hall–Kier alpha value is -1.47. The highest BCUT2D eigenvalue weighted by molar-refractivity contribution is 8.14. The van der Waals surface area contributed by atoms with Gasteiger partial charge in [0.2, 0.25) is 0 Å². The molecule has 0 heterocycles. The van der Waals surface area contributed by atoms with Crippen LogP contribution >= 0.6 is 23.5 Å². The Labute approximate surface area is 158 Å². The molecule has 25 heavy (non-hydrogen) atoms. The number of rotatable bonds is 7. The van der Waals surface area contributed by atoms with E-state index in [2.05, 4.69) is 0 Å². The van der Waals surface area contributed by atoms with Crippen molar-refractivity contribution in [3.63, 3.8) is 0 Å². The third-order valence-electron chi connectivity index (χ3n) is 3.74. The minimum Gasteiger partial charge on any atom is -0.334 e. The maximum absolute atomic E-state index is 12.3. The van der Waals surface area contributed by atoms with Crippen LogP contribution < -0.4 is 0 Å². The summed E-state index contributed by atoms with van der Waals surface area (Å²) in [5.74, 6) is -0.0881. The number of nitrogens with zero attached hydrogens (tertiary/aromatic N) is 2. The molecule has 7 heteroatoms. The number of hydrogen-bond acceptors (Lipinski definition) is 5. The minimum absolute atomic E-state index is 0.0586. The first-order chi connectivity index (χ1) is 11.9. The van der Waals surface area contributed by atoms with Gasteiger partial charge in [-0.25, -0.2) is 0 Å². The van der Waals surface area contributed by atoms with Gasteiger partial charge < -0.3 is 9.80 Å². The maximum Gasteiger partial charge on any atom is 0.286 e. The van der Waals surface area contributed by atoms with Gasteiger partial charge in [-0.2, -0.15) is 0 Å². The molecule has 0 aliphatic heterocycles. The first-order valence-electron chi connectivity index (χ1n) is 8.45. The van der Waals surface area contributed by atoms with Crippen molar-refractivity contribution in [3.05, 3.63) is 23.8 Å². The van der Waals surface area contributed by atoms with Gasteiger partial charge in [-0.1, -0.05) is 0 Å². The van der Waals surface area contributed by atoms with Crippen molar-refractivity contribution >= 4 is 39.8 Å². The van der Waals surface area contributed by atoms with Crippen molar-refractivity contribution < 1.29 is 14.4 Å². The molecule has 0 aliphatic rings. The highest BCUT2D eigenvalue weighted by Crippen LogP contribution is 2.30. The Kier molecular flexibility index (Phi) is 9.06. The van der Waals surface area contributed by atoms with E-state index < -0.39 is 0 Å². The Bertz CT molecular complexity index is 582. The fourth-order valence-electron chi connectivity index (χ4n) is 2.19. The number of carbonyl (C=O) groups is 3. The smallest absolute Gasteiger partial charge is 0.286 e. The van der Waals surface area contributed by atoms with Crippen molar-refractivity contribution in [2.24, 2.45) is 0 Å². The molecule has 1 aromatic rings. The molecular weight excluding hydrogens is 356 g/mol. The van der Waals surface area contributed by atoms with E-state index >= 15 is 0 Å². The van der Waals surface area contributed by atoms with E-state index in [1.54, 1.807) is 28.0 Å². The van der Waals surface area contributed by atoms with E-state index in [4.69, 9.17) is 0 Å². The Balaban J connectivity index is 3.07. The lowest BCUT2D eigenvalue weighted by Gasteiger charge is -2.19. The molecule has 0 saturated heterocycles. The van der Waals surface area contributed by atoms with Crippen molar-refractivity contribution in [1.82, 2.24) is 9.80 Å². The SMILES string of the molecule is CCN(CC)C(=O)Sc1cc(SC(=O)N(CC)CC)cc(C(C)=O)c1. The van der Waals surface area contributed by atoms with Gasteiger partial charge in [0.15, 0.2) is 5.78 Å². The number of hydrogen-bond donors (Lipinski definition) is 0. The van der Waals surface area contributed by atoms with Crippen LogP contribution in [-0.4, -0.2) is 52.2 Å². The van der Waals surface area contributed by atoms with Gasteiger partial charge in [-0.05, 0) is 76.3 Å². The average Bonchev–Trinajstić information content (AvgIpc) is 2.56. The van der Waals surface area contributed by atoms with Crippen LogP contribution in [0.1, 0.15) is 45.0 Å². The van der Waals surface area contributed by atoms with E-state index in [9.17, 15) is 14.4 Å². The molecule has 2 amide bonds. The van der Waals surface area contributed by atoms with Crippen molar-refractivity contribution in [2.75, 3.05) is 26.2 Å². The van der Waals surface area contributed by atoms with Crippen molar-refractivity contribution in [1.29, 1.82) is 0 Å². The monoisotopic (exact) mass is 382 g/mol. The first kappa shape index (κ1) is 21.6. The summed E-state index contributed by atoms with van der Waals surface area (Å²) >= 11 is 2.18. The first-order valence-corrected chi connectivity index (χ1v) is 10.1. The van der Waals surface area contributed by atoms with Crippen molar-refractivity contribution in [2.45, 2.75) is 44.4 Å². The topological polar surface area (TPSA) is 57.7 Å². The predicted molar refractivity (Wildman–Crippen MR) is 105 cm³/mol. The number of thioether (sulfide) groups is 2. The predicted octanol–water partition coefficient (Wildman–Crippen LogP) is 5.00. The zero-order chi connectivity index (χ0) is 19.0. The van der Waals surface area contributed by atoms with Crippen LogP contribution in [-0.2, 0) is 0 Å². The number of ketones is 1. The van der Waals surface area contributed by atoms with Crippen molar-refractivity contribution in [3.8, 4) is 0 Å². The normalized spacial score (nSPS) is 10.4. The quantitative estimate of drug-likeness (QED) is 0.491. The van der Waals surface area contributed by atoms with Gasteiger partial charge >= 0.3 is 0 Å². The van der Waals surface area contributed by atoms with Gasteiger partial charge in [0, 0.05) is 41.5 Å². The molecule has 0 spiro atoms. The number of amides is 2. The lowest BCUT2D eigenvalue weighted by molar-refractivity contribution is 0.101. The molecule has 1 rings (SSSR count). The Morgan fingerprint density at radius 1 is 0.760 bits per heavy atom. The molecule has 0 unspecified atom stereocenters. The molecule has 0 aliphatic carbocycles. The summed E-state index contributed by atoms with van der Waals surface area (Å²) in [5, 5.41) is -0.117. The van der Waals surface area contributed by atoms with Gasteiger partial charge in [0.1, 0.15) is 0 Å². The summed E-state index contributed by atoms with van der Waals surface area (Å²) in [6.07, 6.45) is 0. The molecule has 0 bridgehead atoms.